The first-order valence-electron chi connectivity index (χ1n) is 15.9. The van der Waals surface area contributed by atoms with Crippen LogP contribution >= 0.6 is 11.8 Å². The van der Waals surface area contributed by atoms with Gasteiger partial charge in [0.05, 0.1) is 37.6 Å². The minimum atomic E-state index is -0.413. The van der Waals surface area contributed by atoms with Crippen LogP contribution in [0.15, 0.2) is 48.5 Å². The van der Waals surface area contributed by atoms with Gasteiger partial charge >= 0.3 is 24.1 Å². The number of carbonyl (C=O) groups excluding carboxylic acids is 4. The summed E-state index contributed by atoms with van der Waals surface area (Å²) in [5, 5.41) is 0. The Balaban J connectivity index is 1.93. The second-order valence-corrected chi connectivity index (χ2v) is 11.3. The summed E-state index contributed by atoms with van der Waals surface area (Å²) in [7, 11) is 0. The molecule has 0 spiro atoms. The van der Waals surface area contributed by atoms with Crippen molar-refractivity contribution >= 4 is 47.3 Å². The Morgan fingerprint density at radius 2 is 0.933 bits per heavy atom. The van der Waals surface area contributed by atoms with E-state index in [0.717, 1.165) is 50.0 Å². The van der Waals surface area contributed by atoms with Crippen molar-refractivity contribution in [2.75, 3.05) is 60.8 Å². The molecule has 0 bridgehead atoms. The van der Waals surface area contributed by atoms with Gasteiger partial charge in [0, 0.05) is 24.5 Å². The topological polar surface area (TPSA) is 112 Å². The lowest BCUT2D eigenvalue weighted by molar-refractivity contribution is 0.0517. The average molecular weight is 645 g/mol. The zero-order valence-corrected chi connectivity index (χ0v) is 27.9. The van der Waals surface area contributed by atoms with E-state index < -0.39 is 24.1 Å². The van der Waals surface area contributed by atoms with E-state index in [2.05, 4.69) is 0 Å². The highest BCUT2D eigenvalue weighted by Gasteiger charge is 2.19. The largest absolute Gasteiger partial charge is 0.462 e. The normalized spacial score (nSPS) is 10.6. The number of rotatable bonds is 20. The number of amides is 2. The van der Waals surface area contributed by atoms with Gasteiger partial charge in [-0.3, -0.25) is 9.80 Å². The number of benzene rings is 2. The van der Waals surface area contributed by atoms with Gasteiger partial charge in [-0.2, -0.15) is 11.8 Å². The van der Waals surface area contributed by atoms with Crippen molar-refractivity contribution in [3.8, 4) is 0 Å². The lowest BCUT2D eigenvalue weighted by Crippen LogP contribution is -2.33. The molecule has 0 N–H and O–H groups in total. The van der Waals surface area contributed by atoms with E-state index in [1.807, 2.05) is 13.8 Å². The molecule has 0 aliphatic heterocycles. The van der Waals surface area contributed by atoms with Crippen LogP contribution in [0.5, 0.6) is 0 Å². The fraction of sp³-hybridized carbons (Fsp3) is 0.529. The molecule has 0 atom stereocenters. The average Bonchev–Trinajstić information content (AvgIpc) is 3.04. The first-order valence-corrected chi connectivity index (χ1v) is 17.0. The van der Waals surface area contributed by atoms with Crippen LogP contribution in [-0.4, -0.2) is 75.1 Å². The number of carbonyl (C=O) groups is 4. The van der Waals surface area contributed by atoms with Crippen LogP contribution < -0.4 is 9.80 Å². The molecule has 2 aromatic rings. The molecular weight excluding hydrogens is 596 g/mol. The molecule has 0 fully saturated rings. The van der Waals surface area contributed by atoms with Gasteiger partial charge < -0.3 is 18.9 Å². The van der Waals surface area contributed by atoms with Crippen molar-refractivity contribution in [2.45, 2.75) is 66.2 Å². The molecule has 11 heteroatoms. The summed E-state index contributed by atoms with van der Waals surface area (Å²) in [6.07, 6.45) is 4.05. The quantitative estimate of drug-likeness (QED) is 0.0812. The number of unbranched alkanes of at least 4 members (excludes halogenated alkanes) is 2. The summed E-state index contributed by atoms with van der Waals surface area (Å²) < 4.78 is 21.1. The second kappa shape index (κ2) is 21.9. The summed E-state index contributed by atoms with van der Waals surface area (Å²) in [4.78, 5) is 53.1. The van der Waals surface area contributed by atoms with Crippen LogP contribution in [0.4, 0.5) is 21.0 Å². The number of anilines is 2. The first kappa shape index (κ1) is 37.5. The van der Waals surface area contributed by atoms with Gasteiger partial charge in [0.1, 0.15) is 0 Å². The molecule has 0 radical (unpaired) electrons. The predicted molar refractivity (Wildman–Crippen MR) is 179 cm³/mol. The van der Waals surface area contributed by atoms with Gasteiger partial charge in [-0.05, 0) is 99.6 Å². The monoisotopic (exact) mass is 644 g/mol. The van der Waals surface area contributed by atoms with E-state index in [9.17, 15) is 19.2 Å². The van der Waals surface area contributed by atoms with Crippen LogP contribution in [0.1, 0.15) is 86.9 Å². The molecule has 10 nitrogen and oxygen atoms in total. The van der Waals surface area contributed by atoms with Crippen molar-refractivity contribution in [3.63, 3.8) is 0 Å². The van der Waals surface area contributed by atoms with E-state index in [4.69, 9.17) is 18.9 Å². The van der Waals surface area contributed by atoms with Gasteiger partial charge in [-0.25, -0.2) is 19.2 Å². The Morgan fingerprint density at radius 3 is 1.27 bits per heavy atom. The predicted octanol–water partition coefficient (Wildman–Crippen LogP) is 7.74. The third kappa shape index (κ3) is 13.4. The highest BCUT2D eigenvalue weighted by molar-refractivity contribution is 7.99. The third-order valence-corrected chi connectivity index (χ3v) is 7.76. The zero-order chi connectivity index (χ0) is 32.9. The summed E-state index contributed by atoms with van der Waals surface area (Å²) in [5.74, 6) is 0.793. The number of hydrogen-bond donors (Lipinski definition) is 0. The Morgan fingerprint density at radius 1 is 0.556 bits per heavy atom. The fourth-order valence-corrected chi connectivity index (χ4v) is 5.02. The molecule has 0 heterocycles. The number of nitrogens with zero attached hydrogens (tertiary/aromatic N) is 2. The summed E-state index contributed by atoms with van der Waals surface area (Å²) in [5.41, 5.74) is 2.16. The van der Waals surface area contributed by atoms with Gasteiger partial charge in [0.2, 0.25) is 0 Å². The second-order valence-electron chi connectivity index (χ2n) is 10.1. The van der Waals surface area contributed by atoms with Crippen LogP contribution in [-0.2, 0) is 18.9 Å². The summed E-state index contributed by atoms with van der Waals surface area (Å²) in [6, 6.07) is 13.5. The minimum Gasteiger partial charge on any atom is -0.462 e. The molecular formula is C34H48N2O8S. The number of thioether (sulfide) groups is 1. The molecule has 0 saturated heterocycles. The minimum absolute atomic E-state index is 0.291. The van der Waals surface area contributed by atoms with Crippen molar-refractivity contribution in [1.82, 2.24) is 0 Å². The summed E-state index contributed by atoms with van der Waals surface area (Å²) >= 11 is 1.74. The zero-order valence-electron chi connectivity index (χ0n) is 27.1. The molecule has 248 valence electrons. The molecule has 0 unspecified atom stereocenters. The Bertz CT molecular complexity index is 1080. The lowest BCUT2D eigenvalue weighted by Gasteiger charge is -2.23. The van der Waals surface area contributed by atoms with Crippen LogP contribution in [0.25, 0.3) is 0 Å². The molecule has 0 saturated carbocycles. The van der Waals surface area contributed by atoms with Crippen LogP contribution in [0, 0.1) is 0 Å². The molecule has 2 aromatic carbocycles. The Hall–Kier alpha value is -3.73. The van der Waals surface area contributed by atoms with Crippen LogP contribution in [0.2, 0.25) is 0 Å². The number of hydrogen-bond acceptors (Lipinski definition) is 9. The standard InChI is InChI=1S/C34H48N2O8S/c1-5-9-23-43-33(39)35(29-17-13-27(14-18-29)31(37)41-7-3)21-11-25-45-26-12-22-36(34(40)44-24-10-6-2)30-19-15-28(16-20-30)32(38)42-8-4/h13-20H,5-12,21-26H2,1-4H3. The maximum atomic E-state index is 12.9. The van der Waals surface area contributed by atoms with Crippen molar-refractivity contribution in [1.29, 1.82) is 0 Å². The molecule has 0 aliphatic rings. The highest BCUT2D eigenvalue weighted by Crippen LogP contribution is 2.21. The number of ether oxygens (including phenoxy) is 4. The third-order valence-electron chi connectivity index (χ3n) is 6.61. The maximum absolute atomic E-state index is 12.9. The lowest BCUT2D eigenvalue weighted by atomic mass is 10.2. The Labute approximate surface area is 271 Å². The van der Waals surface area contributed by atoms with Crippen molar-refractivity contribution < 1.29 is 38.1 Å². The fourth-order valence-electron chi connectivity index (χ4n) is 4.15. The maximum Gasteiger partial charge on any atom is 0.414 e. The van der Waals surface area contributed by atoms with E-state index in [1.54, 1.807) is 83.9 Å². The van der Waals surface area contributed by atoms with Gasteiger partial charge in [0.15, 0.2) is 0 Å². The molecule has 2 amide bonds. The van der Waals surface area contributed by atoms with Crippen molar-refractivity contribution in [3.05, 3.63) is 59.7 Å². The van der Waals surface area contributed by atoms with Gasteiger partial charge in [0.25, 0.3) is 0 Å². The number of esters is 2. The van der Waals surface area contributed by atoms with Crippen molar-refractivity contribution in [2.24, 2.45) is 0 Å². The Kier molecular flexibility index (Phi) is 18.2. The molecule has 45 heavy (non-hydrogen) atoms. The van der Waals surface area contributed by atoms with Crippen LogP contribution in [0.3, 0.4) is 0 Å². The molecule has 0 aliphatic carbocycles. The van der Waals surface area contributed by atoms with Gasteiger partial charge in [-0.1, -0.05) is 26.7 Å². The van der Waals surface area contributed by atoms with E-state index in [1.165, 1.54) is 0 Å². The highest BCUT2D eigenvalue weighted by atomic mass is 32.2. The van der Waals surface area contributed by atoms with E-state index in [0.29, 0.717) is 62.0 Å². The summed E-state index contributed by atoms with van der Waals surface area (Å²) in [6.45, 7) is 9.78. The van der Waals surface area contributed by atoms with Gasteiger partial charge in [-0.15, -0.1) is 0 Å². The van der Waals surface area contributed by atoms with E-state index >= 15 is 0 Å². The van der Waals surface area contributed by atoms with E-state index in [-0.39, 0.29) is 0 Å². The molecule has 0 aromatic heterocycles. The molecule has 2 rings (SSSR count). The SMILES string of the molecule is CCCCOC(=O)N(CCCSCCCN(C(=O)OCCCC)c1ccc(C(=O)OCC)cc1)c1ccc(C(=O)OCC)cc1. The first-order chi connectivity index (χ1) is 21.9. The smallest absolute Gasteiger partial charge is 0.414 e.